The van der Waals surface area contributed by atoms with Gasteiger partial charge in [0.25, 0.3) is 0 Å². The Morgan fingerprint density at radius 1 is 0.404 bits per heavy atom. The molecule has 0 saturated heterocycles. The minimum Gasteiger partial charge on any atom is -0.454 e. The van der Waals surface area contributed by atoms with Gasteiger partial charge in [-0.1, -0.05) is 36.4 Å². The highest BCUT2D eigenvalue weighted by atomic mass is 19.1. The zero-order valence-electron chi connectivity index (χ0n) is 25.2. The zero-order valence-corrected chi connectivity index (χ0v) is 25.2. The molecule has 6 nitrogen and oxygen atoms in total. The van der Waals surface area contributed by atoms with Crippen molar-refractivity contribution in [1.82, 2.24) is 0 Å². The van der Waals surface area contributed by atoms with Crippen LogP contribution in [0.3, 0.4) is 0 Å². The lowest BCUT2D eigenvalue weighted by atomic mass is 9.71. The van der Waals surface area contributed by atoms with Crippen LogP contribution in [0, 0.1) is 17.5 Å². The molecule has 47 heavy (non-hydrogen) atoms. The van der Waals surface area contributed by atoms with Gasteiger partial charge in [0.1, 0.15) is 17.2 Å². The Morgan fingerprint density at radius 3 is 0.915 bits per heavy atom. The third-order valence-corrected chi connectivity index (χ3v) is 7.84. The summed E-state index contributed by atoms with van der Waals surface area (Å²) >= 11 is 0. The molecule has 0 unspecified atom stereocenters. The predicted molar refractivity (Wildman–Crippen MR) is 178 cm³/mol. The molecule has 6 aromatic rings. The Hall–Kier alpha value is -6.09. The first-order valence-electron chi connectivity index (χ1n) is 14.6. The fraction of sp³-hybridized carbons (Fsp3) is 0.0526. The van der Waals surface area contributed by atoms with Crippen LogP contribution in [0.2, 0.25) is 0 Å². The fourth-order valence-electron chi connectivity index (χ4n) is 5.24. The van der Waals surface area contributed by atoms with Crippen LogP contribution in [0.4, 0.5) is 30.2 Å². The second kappa shape index (κ2) is 12.7. The van der Waals surface area contributed by atoms with Gasteiger partial charge in [0, 0.05) is 40.7 Å². The van der Waals surface area contributed by atoms with Gasteiger partial charge in [0.05, 0.1) is 0 Å². The van der Waals surface area contributed by atoms with E-state index in [9.17, 15) is 13.2 Å². The van der Waals surface area contributed by atoms with Crippen LogP contribution in [0.1, 0.15) is 23.6 Å². The Morgan fingerprint density at radius 2 is 0.660 bits per heavy atom. The summed E-state index contributed by atoms with van der Waals surface area (Å²) in [6, 6.07) is 34.2. The maximum atomic E-state index is 14.3. The molecule has 0 bridgehead atoms. The van der Waals surface area contributed by atoms with E-state index in [2.05, 4.69) is 0 Å². The molecular weight excluding hydrogens is 603 g/mol. The van der Waals surface area contributed by atoms with Crippen LogP contribution < -0.4 is 31.4 Å². The number of halogens is 3. The lowest BCUT2D eigenvalue weighted by Gasteiger charge is -2.32. The number of hydrogen-bond acceptors (Lipinski definition) is 6. The molecule has 6 aromatic carbocycles. The number of anilines is 3. The Labute approximate surface area is 269 Å². The van der Waals surface area contributed by atoms with Crippen molar-refractivity contribution in [1.29, 1.82) is 0 Å². The third kappa shape index (κ3) is 6.64. The van der Waals surface area contributed by atoms with Gasteiger partial charge in [-0.05, 0) is 96.4 Å². The summed E-state index contributed by atoms with van der Waals surface area (Å²) < 4.78 is 60.4. The molecule has 0 fully saturated rings. The minimum absolute atomic E-state index is 0.0138. The highest BCUT2D eigenvalue weighted by Gasteiger charge is 2.31. The van der Waals surface area contributed by atoms with Crippen LogP contribution in [0.5, 0.6) is 34.5 Å². The average molecular weight is 634 g/mol. The first kappa shape index (κ1) is 30.9. The largest absolute Gasteiger partial charge is 0.454 e. The molecule has 6 rings (SSSR count). The summed E-state index contributed by atoms with van der Waals surface area (Å²) in [5.74, 6) is -0.305. The highest BCUT2D eigenvalue weighted by Crippen LogP contribution is 2.42. The van der Waals surface area contributed by atoms with Gasteiger partial charge in [-0.25, -0.2) is 13.2 Å². The molecule has 0 aliphatic rings. The predicted octanol–water partition coefficient (Wildman–Crippen LogP) is 9.58. The van der Waals surface area contributed by atoms with Crippen LogP contribution in [0.15, 0.2) is 127 Å². The Bertz CT molecular complexity index is 1800. The summed E-state index contributed by atoms with van der Waals surface area (Å²) in [6.07, 6.45) is 0. The van der Waals surface area contributed by atoms with Crippen molar-refractivity contribution in [3.05, 3.63) is 162 Å². The van der Waals surface area contributed by atoms with E-state index in [1.807, 2.05) is 43.3 Å². The monoisotopic (exact) mass is 633 g/mol. The average Bonchev–Trinajstić information content (AvgIpc) is 3.07. The molecule has 236 valence electrons. The van der Waals surface area contributed by atoms with Gasteiger partial charge in [-0.2, -0.15) is 0 Å². The van der Waals surface area contributed by atoms with Crippen molar-refractivity contribution in [3.8, 4) is 34.5 Å². The molecule has 0 aliphatic carbocycles. The number of hydrogen-bond donors (Lipinski definition) is 3. The van der Waals surface area contributed by atoms with Crippen LogP contribution >= 0.6 is 0 Å². The summed E-state index contributed by atoms with van der Waals surface area (Å²) in [6.45, 7) is 2.04. The first-order chi connectivity index (χ1) is 22.6. The van der Waals surface area contributed by atoms with E-state index in [-0.39, 0.29) is 17.2 Å². The van der Waals surface area contributed by atoms with E-state index in [0.717, 1.165) is 16.7 Å². The number of ether oxygens (including phenoxy) is 3. The lowest BCUT2D eigenvalue weighted by molar-refractivity contribution is 0.441. The van der Waals surface area contributed by atoms with E-state index in [0.29, 0.717) is 34.3 Å². The Kier molecular flexibility index (Phi) is 8.37. The molecule has 0 heterocycles. The highest BCUT2D eigenvalue weighted by molar-refractivity contribution is 5.54. The van der Waals surface area contributed by atoms with Crippen molar-refractivity contribution in [3.63, 3.8) is 0 Å². The van der Waals surface area contributed by atoms with Crippen LogP contribution in [-0.4, -0.2) is 0 Å². The molecule has 9 heteroatoms. The van der Waals surface area contributed by atoms with Crippen molar-refractivity contribution in [2.75, 3.05) is 17.2 Å². The van der Waals surface area contributed by atoms with Gasteiger partial charge >= 0.3 is 0 Å². The number of nitrogens with two attached hydrogens (primary N) is 3. The molecule has 0 aromatic heterocycles. The standard InChI is InChI=1S/C38H30F3N3O3/c1-38(23-2-11-29(12-3-23)45-35-20-26(42)8-17-32(35)39,24-4-13-30(14-5-24)46-36-21-27(43)9-18-33(36)40)25-6-15-31(16-7-25)47-37-22-28(44)10-19-34(37)41/h2-22H,42-44H2,1H3. The van der Waals surface area contributed by atoms with Gasteiger partial charge in [0.15, 0.2) is 34.7 Å². The van der Waals surface area contributed by atoms with Crippen molar-refractivity contribution >= 4 is 17.1 Å². The van der Waals surface area contributed by atoms with Crippen molar-refractivity contribution < 1.29 is 27.4 Å². The summed E-state index contributed by atoms with van der Waals surface area (Å²) in [5, 5.41) is 0. The SMILES string of the molecule is CC(c1ccc(Oc2cc(N)ccc2F)cc1)(c1ccc(Oc2cc(N)ccc2F)cc1)c1ccc(Oc2cc(N)ccc2F)cc1. The molecule has 0 atom stereocenters. The van der Waals surface area contributed by atoms with Crippen LogP contribution in [-0.2, 0) is 5.41 Å². The first-order valence-corrected chi connectivity index (χ1v) is 14.6. The van der Waals surface area contributed by atoms with Gasteiger partial charge in [0.2, 0.25) is 0 Å². The Balaban J connectivity index is 1.34. The maximum absolute atomic E-state index is 14.3. The summed E-state index contributed by atoms with van der Waals surface area (Å²) in [7, 11) is 0. The van der Waals surface area contributed by atoms with E-state index in [4.69, 9.17) is 31.4 Å². The quantitative estimate of drug-likeness (QED) is 0.108. The molecule has 0 spiro atoms. The smallest absolute Gasteiger partial charge is 0.165 e. The van der Waals surface area contributed by atoms with Gasteiger partial charge in [-0.15, -0.1) is 0 Å². The molecular formula is C38H30F3N3O3. The number of nitrogen functional groups attached to an aromatic ring is 3. The van der Waals surface area contributed by atoms with E-state index in [1.165, 1.54) is 54.6 Å². The molecule has 6 N–H and O–H groups in total. The van der Waals surface area contributed by atoms with Gasteiger partial charge in [-0.3, -0.25) is 0 Å². The molecule has 0 saturated carbocycles. The number of rotatable bonds is 9. The van der Waals surface area contributed by atoms with Gasteiger partial charge < -0.3 is 31.4 Å². The second-order valence-electron chi connectivity index (χ2n) is 11.1. The second-order valence-corrected chi connectivity index (χ2v) is 11.1. The zero-order chi connectivity index (χ0) is 33.1. The normalized spacial score (nSPS) is 11.2. The summed E-state index contributed by atoms with van der Waals surface area (Å²) in [4.78, 5) is 0. The van der Waals surface area contributed by atoms with Crippen molar-refractivity contribution in [2.24, 2.45) is 0 Å². The van der Waals surface area contributed by atoms with Crippen molar-refractivity contribution in [2.45, 2.75) is 12.3 Å². The fourth-order valence-corrected chi connectivity index (χ4v) is 5.24. The van der Waals surface area contributed by atoms with E-state index in [1.54, 1.807) is 36.4 Å². The lowest BCUT2D eigenvalue weighted by Crippen LogP contribution is -2.25. The molecule has 0 aliphatic heterocycles. The number of benzene rings is 6. The van der Waals surface area contributed by atoms with E-state index < -0.39 is 22.9 Å². The molecule has 0 radical (unpaired) electrons. The topological polar surface area (TPSA) is 106 Å². The van der Waals surface area contributed by atoms with E-state index >= 15 is 0 Å². The minimum atomic E-state index is -0.747. The summed E-state index contributed by atoms with van der Waals surface area (Å²) in [5.41, 5.74) is 20.5. The van der Waals surface area contributed by atoms with Crippen LogP contribution in [0.25, 0.3) is 0 Å². The third-order valence-electron chi connectivity index (χ3n) is 7.84. The molecule has 0 amide bonds. The maximum Gasteiger partial charge on any atom is 0.165 e.